The number of esters is 2. The Bertz CT molecular complexity index is 1140. The predicted molar refractivity (Wildman–Crippen MR) is 137 cm³/mol. The number of amides is 2. The van der Waals surface area contributed by atoms with Crippen LogP contribution in [-0.4, -0.2) is 89.7 Å². The number of aliphatic carboxylic acids is 1. The normalized spacial score (nSPS) is 18.8. The molecule has 5 atom stereocenters. The van der Waals surface area contributed by atoms with E-state index < -0.39 is 83.8 Å². The molecule has 1 aliphatic heterocycles. The highest BCUT2D eigenvalue weighted by atomic mass is 19.2. The summed E-state index contributed by atoms with van der Waals surface area (Å²) < 4.78 is 50.3. The summed E-state index contributed by atoms with van der Waals surface area (Å²) in [6.07, 6.45) is -1.15. The lowest BCUT2D eigenvalue weighted by Gasteiger charge is -2.27. The third-order valence-electron chi connectivity index (χ3n) is 6.32. The molecule has 0 radical (unpaired) electrons. The van der Waals surface area contributed by atoms with Gasteiger partial charge in [0, 0.05) is 37.5 Å². The molecule has 1 unspecified atom stereocenters. The Morgan fingerprint density at radius 3 is 2.29 bits per heavy atom. The number of nitrogens with zero attached hydrogens (tertiary/aromatic N) is 1. The third kappa shape index (κ3) is 9.70. The molecule has 1 saturated heterocycles. The van der Waals surface area contributed by atoms with Crippen LogP contribution >= 0.6 is 0 Å². The van der Waals surface area contributed by atoms with Crippen LogP contribution in [0.2, 0.25) is 0 Å². The van der Waals surface area contributed by atoms with Gasteiger partial charge in [0.1, 0.15) is 17.9 Å². The summed E-state index contributed by atoms with van der Waals surface area (Å²) in [7, 11) is 0. The van der Waals surface area contributed by atoms with Gasteiger partial charge < -0.3 is 30.5 Å². The zero-order valence-electron chi connectivity index (χ0n) is 23.0. The maximum Gasteiger partial charge on any atom is 0.326 e. The fourth-order valence-electron chi connectivity index (χ4n) is 4.48. The van der Waals surface area contributed by atoms with E-state index in [2.05, 4.69) is 10.6 Å². The minimum Gasteiger partial charge on any atom is -0.480 e. The first kappa shape index (κ1) is 33.5. The molecule has 2 rings (SSSR count). The van der Waals surface area contributed by atoms with Crippen molar-refractivity contribution in [1.29, 1.82) is 0 Å². The monoisotopic (exact) mass is 588 g/mol. The van der Waals surface area contributed by atoms with Crippen LogP contribution in [-0.2, 0) is 39.9 Å². The van der Waals surface area contributed by atoms with Gasteiger partial charge in [-0.2, -0.15) is 0 Å². The fraction of sp³-hybridized carbons (Fsp3) is 0.577. The zero-order valence-corrected chi connectivity index (χ0v) is 23.0. The topological polar surface area (TPSA) is 177 Å². The number of carbonyl (C=O) groups excluding carboxylic acids is 4. The molecule has 0 bridgehead atoms. The Kier molecular flexibility index (Phi) is 12.5. The van der Waals surface area contributed by atoms with Crippen LogP contribution in [0.5, 0.6) is 0 Å². The van der Waals surface area contributed by atoms with Gasteiger partial charge in [0.05, 0.1) is 25.7 Å². The van der Waals surface area contributed by atoms with Crippen molar-refractivity contribution in [3.05, 3.63) is 35.1 Å². The SMILES string of the molecule is CCOC(=O)CC(N[C@@H](C)C(=O)N1C[C@@H](NC(=O)C[C@H](N)Cc2cc(F)c(F)cc2F)C[C@H]1C(=O)O)C(=O)OCC. The summed E-state index contributed by atoms with van der Waals surface area (Å²) in [4.78, 5) is 62.9. The van der Waals surface area contributed by atoms with Crippen molar-refractivity contribution < 1.29 is 51.7 Å². The highest BCUT2D eigenvalue weighted by Crippen LogP contribution is 2.21. The van der Waals surface area contributed by atoms with Gasteiger partial charge >= 0.3 is 17.9 Å². The van der Waals surface area contributed by atoms with E-state index in [0.29, 0.717) is 12.1 Å². The number of carboxylic acids is 1. The summed E-state index contributed by atoms with van der Waals surface area (Å²) in [5, 5.41) is 15.0. The molecule has 0 spiro atoms. The van der Waals surface area contributed by atoms with Gasteiger partial charge in [-0.3, -0.25) is 24.5 Å². The molecule has 41 heavy (non-hydrogen) atoms. The molecule has 2 amide bonds. The first-order valence-corrected chi connectivity index (χ1v) is 13.1. The second-order valence-corrected chi connectivity index (χ2v) is 9.57. The predicted octanol–water partition coefficient (Wildman–Crippen LogP) is 0.397. The molecule has 5 N–H and O–H groups in total. The van der Waals surface area contributed by atoms with E-state index in [0.717, 1.165) is 4.90 Å². The van der Waals surface area contributed by atoms with E-state index in [4.69, 9.17) is 15.2 Å². The molecule has 0 aliphatic carbocycles. The van der Waals surface area contributed by atoms with Gasteiger partial charge in [0.2, 0.25) is 11.8 Å². The number of ether oxygens (including phenoxy) is 2. The van der Waals surface area contributed by atoms with Crippen LogP contribution in [0.3, 0.4) is 0 Å². The summed E-state index contributed by atoms with van der Waals surface area (Å²) in [6.45, 7) is 4.47. The number of halogens is 3. The number of nitrogens with one attached hydrogen (secondary N) is 2. The minimum atomic E-state index is -1.36. The summed E-state index contributed by atoms with van der Waals surface area (Å²) in [5.41, 5.74) is 5.68. The lowest BCUT2D eigenvalue weighted by molar-refractivity contribution is -0.153. The maximum absolute atomic E-state index is 13.9. The van der Waals surface area contributed by atoms with Crippen molar-refractivity contribution in [2.24, 2.45) is 5.73 Å². The Morgan fingerprint density at radius 2 is 1.68 bits per heavy atom. The molecular weight excluding hydrogens is 553 g/mol. The third-order valence-corrected chi connectivity index (χ3v) is 6.32. The number of hydrogen-bond acceptors (Lipinski definition) is 9. The lowest BCUT2D eigenvalue weighted by Crippen LogP contribution is -2.54. The van der Waals surface area contributed by atoms with Gasteiger partial charge in [-0.05, 0) is 38.8 Å². The van der Waals surface area contributed by atoms with Crippen molar-refractivity contribution in [3.8, 4) is 0 Å². The van der Waals surface area contributed by atoms with Crippen molar-refractivity contribution in [2.75, 3.05) is 19.8 Å². The maximum atomic E-state index is 13.9. The number of likely N-dealkylation sites (tertiary alicyclic amines) is 1. The summed E-state index contributed by atoms with van der Waals surface area (Å²) in [5.74, 6) is -7.75. The molecule has 228 valence electrons. The number of nitrogens with two attached hydrogens (primary N) is 1. The first-order chi connectivity index (χ1) is 19.3. The molecule has 12 nitrogen and oxygen atoms in total. The molecule has 1 aromatic rings. The van der Waals surface area contributed by atoms with Crippen molar-refractivity contribution in [3.63, 3.8) is 0 Å². The van der Waals surface area contributed by atoms with Crippen LogP contribution < -0.4 is 16.4 Å². The molecule has 1 heterocycles. The first-order valence-electron chi connectivity index (χ1n) is 13.1. The van der Waals surface area contributed by atoms with Gasteiger partial charge in [-0.15, -0.1) is 0 Å². The van der Waals surface area contributed by atoms with Gasteiger partial charge in [-0.25, -0.2) is 18.0 Å². The minimum absolute atomic E-state index is 0.0240. The lowest BCUT2D eigenvalue weighted by atomic mass is 10.0. The number of carboxylic acid groups (broad SMARTS) is 1. The number of hydrogen-bond donors (Lipinski definition) is 4. The van der Waals surface area contributed by atoms with E-state index in [1.54, 1.807) is 13.8 Å². The smallest absolute Gasteiger partial charge is 0.326 e. The second kappa shape index (κ2) is 15.3. The molecule has 0 aromatic heterocycles. The van der Waals surface area contributed by atoms with Gasteiger partial charge in [-0.1, -0.05) is 0 Å². The molecule has 1 aromatic carbocycles. The van der Waals surface area contributed by atoms with E-state index in [9.17, 15) is 42.3 Å². The summed E-state index contributed by atoms with van der Waals surface area (Å²) >= 11 is 0. The molecule has 15 heteroatoms. The number of carbonyl (C=O) groups is 5. The fourth-order valence-corrected chi connectivity index (χ4v) is 4.48. The molecular formula is C26H35F3N4O8. The molecule has 1 aliphatic rings. The average Bonchev–Trinajstić information content (AvgIpc) is 3.30. The Morgan fingerprint density at radius 1 is 1.05 bits per heavy atom. The molecule has 0 saturated carbocycles. The highest BCUT2D eigenvalue weighted by Gasteiger charge is 2.42. The average molecular weight is 589 g/mol. The van der Waals surface area contributed by atoms with E-state index >= 15 is 0 Å². The van der Waals surface area contributed by atoms with Crippen molar-refractivity contribution in [1.82, 2.24) is 15.5 Å². The largest absolute Gasteiger partial charge is 0.480 e. The van der Waals surface area contributed by atoms with Crippen LogP contribution in [0.25, 0.3) is 0 Å². The van der Waals surface area contributed by atoms with E-state index in [1.165, 1.54) is 6.92 Å². The van der Waals surface area contributed by atoms with E-state index in [-0.39, 0.29) is 44.6 Å². The Hall–Kier alpha value is -3.72. The zero-order chi connectivity index (χ0) is 30.9. The molecule has 1 fully saturated rings. The van der Waals surface area contributed by atoms with E-state index in [1.807, 2.05) is 0 Å². The van der Waals surface area contributed by atoms with Gasteiger partial charge in [0.25, 0.3) is 0 Å². The quantitative estimate of drug-likeness (QED) is 0.176. The number of benzene rings is 1. The Balaban J connectivity index is 2.02. The van der Waals surface area contributed by atoms with Crippen LogP contribution in [0.4, 0.5) is 13.2 Å². The standard InChI is InChI=1S/C26H35F3N4O8/c1-4-40-23(35)11-20(26(39)41-5-2)31-13(3)24(36)33-12-16(9-21(33)25(37)38)32-22(34)8-15(30)6-14-7-18(28)19(29)10-17(14)27/h7,10,13,15-16,20-21,31H,4-6,8-9,11-12,30H2,1-3H3,(H,32,34)(H,37,38)/t13-,15+,16-,20?,21-/m0/s1. The van der Waals surface area contributed by atoms with Crippen molar-refractivity contribution in [2.45, 2.75) is 76.7 Å². The number of rotatable bonds is 14. The highest BCUT2D eigenvalue weighted by molar-refractivity contribution is 5.89. The summed E-state index contributed by atoms with van der Waals surface area (Å²) in [6, 6.07) is -4.33. The van der Waals surface area contributed by atoms with Crippen molar-refractivity contribution >= 4 is 29.7 Å². The van der Waals surface area contributed by atoms with Crippen LogP contribution in [0, 0.1) is 17.5 Å². The van der Waals surface area contributed by atoms with Crippen LogP contribution in [0.1, 0.15) is 45.6 Å². The van der Waals surface area contributed by atoms with Gasteiger partial charge in [0.15, 0.2) is 11.6 Å². The Labute approximate surface area is 234 Å². The second-order valence-electron chi connectivity index (χ2n) is 9.57. The van der Waals surface area contributed by atoms with Crippen LogP contribution in [0.15, 0.2) is 12.1 Å².